The van der Waals surface area contributed by atoms with E-state index >= 15 is 0 Å². The molecule has 3 heterocycles. The Balaban J connectivity index is 1.34. The third kappa shape index (κ3) is 3.90. The highest BCUT2D eigenvalue weighted by atomic mass is 16.7. The Bertz CT molecular complexity index is 1390. The molecule has 36 heavy (non-hydrogen) atoms. The Morgan fingerprint density at radius 3 is 2.75 bits per heavy atom. The number of hydrogen-bond donors (Lipinski definition) is 2. The summed E-state index contributed by atoms with van der Waals surface area (Å²) in [5.74, 6) is 8.51. The standard InChI is InChI=1S/C29H26N2O5/c1-34-21-4-2-3-18(13-21)5-6-19-7-9-24-23(14-19)28-22(25(16-32)30-24)11-12-31(28)29(33)20-8-10-26-27(15-20)36-17-35-26/h2-4,7-10,13-15,22,25,28,30,32H,11-12,16-17H2,1H3/t22-,25+,28-/m1/s1. The molecule has 3 aliphatic heterocycles. The second-order valence-electron chi connectivity index (χ2n) is 9.18. The van der Waals surface area contributed by atoms with Crippen molar-refractivity contribution >= 4 is 11.6 Å². The fourth-order valence-corrected chi connectivity index (χ4v) is 5.41. The van der Waals surface area contributed by atoms with Crippen LogP contribution in [0.1, 0.15) is 39.5 Å². The predicted octanol–water partition coefficient (Wildman–Crippen LogP) is 3.81. The van der Waals surface area contributed by atoms with Crippen molar-refractivity contribution in [1.29, 1.82) is 0 Å². The van der Waals surface area contributed by atoms with Gasteiger partial charge in [-0.05, 0) is 66.6 Å². The SMILES string of the molecule is COc1cccc(C#Cc2ccc3c(c2)[C@H]2[C@H](CCN2C(=O)c2ccc4c(c2)OCO4)[C@H](CO)N3)c1. The summed E-state index contributed by atoms with van der Waals surface area (Å²) in [6.07, 6.45) is 0.804. The second kappa shape index (κ2) is 9.14. The van der Waals surface area contributed by atoms with Gasteiger partial charge in [-0.1, -0.05) is 17.9 Å². The van der Waals surface area contributed by atoms with Gasteiger partial charge < -0.3 is 29.5 Å². The summed E-state index contributed by atoms with van der Waals surface area (Å²) in [5.41, 5.74) is 4.24. The van der Waals surface area contributed by atoms with Gasteiger partial charge in [-0.3, -0.25) is 4.79 Å². The van der Waals surface area contributed by atoms with Gasteiger partial charge in [0.15, 0.2) is 11.5 Å². The molecule has 2 N–H and O–H groups in total. The van der Waals surface area contributed by atoms with Gasteiger partial charge in [0.05, 0.1) is 25.8 Å². The lowest BCUT2D eigenvalue weighted by molar-refractivity contribution is 0.0700. The van der Waals surface area contributed by atoms with Crippen molar-refractivity contribution in [3.05, 3.63) is 82.9 Å². The van der Waals surface area contributed by atoms with Gasteiger partial charge in [-0.25, -0.2) is 0 Å². The summed E-state index contributed by atoms with van der Waals surface area (Å²) >= 11 is 0. The number of amides is 1. The first kappa shape index (κ1) is 22.3. The molecule has 3 aliphatic rings. The molecular weight excluding hydrogens is 456 g/mol. The molecule has 182 valence electrons. The highest BCUT2D eigenvalue weighted by Crippen LogP contribution is 2.47. The highest BCUT2D eigenvalue weighted by Gasteiger charge is 2.46. The molecule has 1 amide bonds. The molecule has 7 heteroatoms. The summed E-state index contributed by atoms with van der Waals surface area (Å²) in [4.78, 5) is 15.6. The maximum Gasteiger partial charge on any atom is 0.254 e. The Morgan fingerprint density at radius 2 is 1.92 bits per heavy atom. The van der Waals surface area contributed by atoms with Gasteiger partial charge in [0.1, 0.15) is 5.75 Å². The summed E-state index contributed by atoms with van der Waals surface area (Å²) in [6.45, 7) is 0.780. The van der Waals surface area contributed by atoms with E-state index in [1.165, 1.54) is 0 Å². The number of hydrogen-bond acceptors (Lipinski definition) is 6. The summed E-state index contributed by atoms with van der Waals surface area (Å²) in [5, 5.41) is 13.6. The number of nitrogens with zero attached hydrogens (tertiary/aromatic N) is 1. The zero-order chi connectivity index (χ0) is 24.6. The summed E-state index contributed by atoms with van der Waals surface area (Å²) in [6, 6.07) is 18.7. The Morgan fingerprint density at radius 1 is 1.08 bits per heavy atom. The second-order valence-corrected chi connectivity index (χ2v) is 9.18. The quantitative estimate of drug-likeness (QED) is 0.553. The van der Waals surface area contributed by atoms with Gasteiger partial charge in [0.25, 0.3) is 5.91 Å². The topological polar surface area (TPSA) is 80.3 Å². The van der Waals surface area contributed by atoms with Crippen LogP contribution in [0.15, 0.2) is 60.7 Å². The van der Waals surface area contributed by atoms with Crippen LogP contribution in [0.2, 0.25) is 0 Å². The van der Waals surface area contributed by atoms with E-state index in [0.29, 0.717) is 23.6 Å². The number of carbonyl (C=O) groups is 1. The number of fused-ring (bicyclic) bond motifs is 4. The fourth-order valence-electron chi connectivity index (χ4n) is 5.41. The zero-order valence-electron chi connectivity index (χ0n) is 19.9. The number of ether oxygens (including phenoxy) is 3. The van der Waals surface area contributed by atoms with Crippen molar-refractivity contribution in [2.24, 2.45) is 5.92 Å². The number of rotatable bonds is 3. The Kier molecular flexibility index (Phi) is 5.67. The lowest BCUT2D eigenvalue weighted by atomic mass is 9.82. The molecule has 7 nitrogen and oxygen atoms in total. The molecule has 3 atom stereocenters. The first-order chi connectivity index (χ1) is 17.6. The van der Waals surface area contributed by atoms with Crippen LogP contribution >= 0.6 is 0 Å². The number of methoxy groups -OCH3 is 1. The average molecular weight is 483 g/mol. The average Bonchev–Trinajstić information content (AvgIpc) is 3.58. The van der Waals surface area contributed by atoms with Crippen LogP contribution in [0.5, 0.6) is 17.2 Å². The van der Waals surface area contributed by atoms with Crippen molar-refractivity contribution in [2.75, 3.05) is 32.4 Å². The van der Waals surface area contributed by atoms with E-state index in [4.69, 9.17) is 14.2 Å². The molecule has 3 aromatic rings. The molecule has 0 aromatic heterocycles. The van der Waals surface area contributed by atoms with Crippen LogP contribution in [-0.4, -0.2) is 49.0 Å². The number of likely N-dealkylation sites (tertiary alicyclic amines) is 1. The van der Waals surface area contributed by atoms with Crippen molar-refractivity contribution in [3.8, 4) is 29.1 Å². The first-order valence-electron chi connectivity index (χ1n) is 12.0. The molecule has 1 saturated heterocycles. The summed E-state index contributed by atoms with van der Waals surface area (Å²) in [7, 11) is 1.64. The van der Waals surface area contributed by atoms with Crippen LogP contribution in [0.4, 0.5) is 5.69 Å². The molecule has 0 saturated carbocycles. The molecule has 0 radical (unpaired) electrons. The molecular formula is C29H26N2O5. The summed E-state index contributed by atoms with van der Waals surface area (Å²) < 4.78 is 16.2. The third-order valence-corrected chi connectivity index (χ3v) is 7.17. The van der Waals surface area contributed by atoms with E-state index in [9.17, 15) is 9.90 Å². The number of benzene rings is 3. The normalized spacial score (nSPS) is 21.1. The smallest absolute Gasteiger partial charge is 0.254 e. The van der Waals surface area contributed by atoms with E-state index in [1.54, 1.807) is 25.3 Å². The van der Waals surface area contributed by atoms with E-state index in [0.717, 1.165) is 34.5 Å². The minimum atomic E-state index is -0.158. The maximum atomic E-state index is 13.7. The highest BCUT2D eigenvalue weighted by molar-refractivity contribution is 5.95. The fraction of sp³-hybridized carbons (Fsp3) is 0.276. The van der Waals surface area contributed by atoms with Gasteiger partial charge in [-0.2, -0.15) is 0 Å². The lowest BCUT2D eigenvalue weighted by Crippen LogP contribution is -2.42. The Labute approximate surface area is 209 Å². The number of carbonyl (C=O) groups excluding carboxylic acids is 1. The maximum absolute atomic E-state index is 13.7. The number of nitrogens with one attached hydrogen (secondary N) is 1. The third-order valence-electron chi connectivity index (χ3n) is 7.17. The van der Waals surface area contributed by atoms with E-state index < -0.39 is 0 Å². The van der Waals surface area contributed by atoms with Crippen LogP contribution in [-0.2, 0) is 0 Å². The van der Waals surface area contributed by atoms with Crippen molar-refractivity contribution < 1.29 is 24.1 Å². The van der Waals surface area contributed by atoms with E-state index in [1.807, 2.05) is 41.3 Å². The number of anilines is 1. The predicted molar refractivity (Wildman–Crippen MR) is 134 cm³/mol. The molecule has 0 aliphatic carbocycles. The van der Waals surface area contributed by atoms with Crippen molar-refractivity contribution in [3.63, 3.8) is 0 Å². The molecule has 0 spiro atoms. The van der Waals surface area contributed by atoms with Crippen molar-refractivity contribution in [1.82, 2.24) is 4.90 Å². The molecule has 0 bridgehead atoms. The molecule has 3 aromatic carbocycles. The number of aliphatic hydroxyl groups excluding tert-OH is 1. The van der Waals surface area contributed by atoms with Crippen LogP contribution in [0.3, 0.4) is 0 Å². The minimum Gasteiger partial charge on any atom is -0.497 e. The van der Waals surface area contributed by atoms with Gasteiger partial charge in [-0.15, -0.1) is 0 Å². The minimum absolute atomic E-state index is 0.00403. The zero-order valence-corrected chi connectivity index (χ0v) is 19.9. The van der Waals surface area contributed by atoms with Gasteiger partial charge in [0, 0.05) is 34.8 Å². The molecule has 6 rings (SSSR count). The van der Waals surface area contributed by atoms with Gasteiger partial charge in [0.2, 0.25) is 6.79 Å². The molecule has 1 fully saturated rings. The van der Waals surface area contributed by atoms with Crippen LogP contribution in [0.25, 0.3) is 0 Å². The molecule has 0 unspecified atom stereocenters. The first-order valence-corrected chi connectivity index (χ1v) is 12.0. The van der Waals surface area contributed by atoms with Crippen molar-refractivity contribution in [2.45, 2.75) is 18.5 Å². The Hall–Kier alpha value is -4.15. The monoisotopic (exact) mass is 482 g/mol. The largest absolute Gasteiger partial charge is 0.497 e. The van der Waals surface area contributed by atoms with Gasteiger partial charge >= 0.3 is 0 Å². The number of aliphatic hydroxyl groups is 1. The van der Waals surface area contributed by atoms with E-state index in [-0.39, 0.29) is 37.3 Å². The van der Waals surface area contributed by atoms with Crippen LogP contribution < -0.4 is 19.5 Å². The lowest BCUT2D eigenvalue weighted by Gasteiger charge is -2.39. The van der Waals surface area contributed by atoms with E-state index in [2.05, 4.69) is 23.2 Å². The van der Waals surface area contributed by atoms with Crippen LogP contribution in [0, 0.1) is 17.8 Å².